The van der Waals surface area contributed by atoms with Gasteiger partial charge in [0.15, 0.2) is 0 Å². The summed E-state index contributed by atoms with van der Waals surface area (Å²) in [5, 5.41) is 12.7. The van der Waals surface area contributed by atoms with E-state index in [4.69, 9.17) is 0 Å². The minimum atomic E-state index is -0.0286. The predicted octanol–water partition coefficient (Wildman–Crippen LogP) is 1.44. The molecule has 1 aromatic rings. The van der Waals surface area contributed by atoms with Gasteiger partial charge in [-0.25, -0.2) is 9.97 Å². The predicted molar refractivity (Wildman–Crippen MR) is 58.5 cm³/mol. The largest absolute Gasteiger partial charge is 0.396 e. The zero-order valence-electron chi connectivity index (χ0n) is 8.98. The molecule has 1 aliphatic carbocycles. The van der Waals surface area contributed by atoms with E-state index >= 15 is 0 Å². The molecule has 0 spiro atoms. The maximum absolute atomic E-state index is 9.39. The number of nitrogens with one attached hydrogen (secondary N) is 1. The van der Waals surface area contributed by atoms with Crippen LogP contribution in [0.4, 0.5) is 5.95 Å². The summed E-state index contributed by atoms with van der Waals surface area (Å²) in [5.74, 6) is 0.657. The van der Waals surface area contributed by atoms with Crippen molar-refractivity contribution in [3.05, 3.63) is 18.5 Å². The number of hydrogen-bond acceptors (Lipinski definition) is 4. The van der Waals surface area contributed by atoms with Crippen LogP contribution in [-0.4, -0.2) is 27.7 Å². The van der Waals surface area contributed by atoms with E-state index in [-0.39, 0.29) is 18.1 Å². The van der Waals surface area contributed by atoms with Crippen LogP contribution in [0.25, 0.3) is 0 Å². The van der Waals surface area contributed by atoms with Crippen LogP contribution in [0.1, 0.15) is 26.2 Å². The van der Waals surface area contributed by atoms with E-state index in [1.54, 1.807) is 18.5 Å². The van der Waals surface area contributed by atoms with E-state index < -0.39 is 0 Å². The molecule has 82 valence electrons. The van der Waals surface area contributed by atoms with Gasteiger partial charge in [-0.15, -0.1) is 0 Å². The highest BCUT2D eigenvalue weighted by atomic mass is 16.3. The number of aliphatic hydroxyl groups is 1. The van der Waals surface area contributed by atoms with Crippen LogP contribution < -0.4 is 5.32 Å². The third kappa shape index (κ3) is 2.09. The number of anilines is 1. The summed E-state index contributed by atoms with van der Waals surface area (Å²) in [6.07, 6.45) is 6.74. The zero-order valence-corrected chi connectivity index (χ0v) is 8.98. The summed E-state index contributed by atoms with van der Waals surface area (Å²) >= 11 is 0. The van der Waals surface area contributed by atoms with Gasteiger partial charge in [0.2, 0.25) is 5.95 Å². The Morgan fingerprint density at radius 1 is 1.53 bits per heavy atom. The molecule has 2 N–H and O–H groups in total. The molecular weight excluding hydrogens is 190 g/mol. The number of rotatable bonds is 3. The minimum Gasteiger partial charge on any atom is -0.396 e. The molecule has 4 heteroatoms. The number of nitrogens with zero attached hydrogens (tertiary/aromatic N) is 2. The lowest BCUT2D eigenvalue weighted by molar-refractivity contribution is 0.138. The average Bonchev–Trinajstić information content (AvgIpc) is 2.63. The van der Waals surface area contributed by atoms with E-state index in [2.05, 4.69) is 22.2 Å². The summed E-state index contributed by atoms with van der Waals surface area (Å²) in [4.78, 5) is 8.28. The topological polar surface area (TPSA) is 58.0 Å². The fraction of sp³-hybridized carbons (Fsp3) is 0.636. The fourth-order valence-corrected chi connectivity index (χ4v) is 2.20. The van der Waals surface area contributed by atoms with Crippen molar-refractivity contribution in [2.24, 2.45) is 5.41 Å². The second kappa shape index (κ2) is 4.14. The Kier molecular flexibility index (Phi) is 2.86. The van der Waals surface area contributed by atoms with Crippen LogP contribution in [-0.2, 0) is 0 Å². The summed E-state index contributed by atoms with van der Waals surface area (Å²) in [6, 6.07) is 2.08. The normalized spacial score (nSPS) is 30.4. The average molecular weight is 207 g/mol. The van der Waals surface area contributed by atoms with Gasteiger partial charge in [-0.2, -0.15) is 0 Å². The van der Waals surface area contributed by atoms with Crippen LogP contribution in [0.15, 0.2) is 18.5 Å². The molecule has 15 heavy (non-hydrogen) atoms. The molecule has 1 aromatic heterocycles. The summed E-state index contributed by atoms with van der Waals surface area (Å²) in [5.41, 5.74) is -0.0286. The third-order valence-electron chi connectivity index (χ3n) is 3.31. The highest BCUT2D eigenvalue weighted by molar-refractivity contribution is 5.26. The smallest absolute Gasteiger partial charge is 0.222 e. The molecule has 1 aliphatic rings. The van der Waals surface area contributed by atoms with E-state index in [1.165, 1.54) is 0 Å². The number of aromatic nitrogens is 2. The molecule has 0 radical (unpaired) electrons. The Hall–Kier alpha value is -1.16. The number of hydrogen-bond donors (Lipinski definition) is 2. The first-order chi connectivity index (χ1) is 7.24. The van der Waals surface area contributed by atoms with Gasteiger partial charge in [0.05, 0.1) is 6.61 Å². The maximum atomic E-state index is 9.39. The van der Waals surface area contributed by atoms with Crippen molar-refractivity contribution in [3.63, 3.8) is 0 Å². The van der Waals surface area contributed by atoms with Gasteiger partial charge in [-0.1, -0.05) is 13.3 Å². The molecule has 0 unspecified atom stereocenters. The van der Waals surface area contributed by atoms with E-state index in [1.807, 2.05) is 0 Å². The lowest BCUT2D eigenvalue weighted by Gasteiger charge is -2.29. The van der Waals surface area contributed by atoms with Gasteiger partial charge in [0.25, 0.3) is 0 Å². The molecule has 2 rings (SSSR count). The lowest BCUT2D eigenvalue weighted by atomic mass is 9.86. The van der Waals surface area contributed by atoms with Crippen LogP contribution in [0.5, 0.6) is 0 Å². The van der Waals surface area contributed by atoms with Gasteiger partial charge in [-0.05, 0) is 18.9 Å². The molecule has 0 amide bonds. The zero-order chi connectivity index (χ0) is 10.7. The van der Waals surface area contributed by atoms with Crippen molar-refractivity contribution in [1.29, 1.82) is 0 Å². The Labute approximate surface area is 89.8 Å². The van der Waals surface area contributed by atoms with Gasteiger partial charge in [-0.3, -0.25) is 0 Å². The second-order valence-corrected chi connectivity index (χ2v) is 4.47. The van der Waals surface area contributed by atoms with Crippen molar-refractivity contribution in [3.8, 4) is 0 Å². The van der Waals surface area contributed by atoms with Gasteiger partial charge >= 0.3 is 0 Å². The molecule has 1 fully saturated rings. The van der Waals surface area contributed by atoms with Crippen LogP contribution >= 0.6 is 0 Å². The van der Waals surface area contributed by atoms with Crippen molar-refractivity contribution >= 4 is 5.95 Å². The summed E-state index contributed by atoms with van der Waals surface area (Å²) in [7, 11) is 0. The first kappa shape index (κ1) is 10.4. The highest BCUT2D eigenvalue weighted by Gasteiger charge is 2.38. The SMILES string of the molecule is C[C@]1(CO)CCC[C@H]1Nc1ncccn1. The summed E-state index contributed by atoms with van der Waals surface area (Å²) < 4.78 is 0. The van der Waals surface area contributed by atoms with E-state index in [0.717, 1.165) is 19.3 Å². The van der Waals surface area contributed by atoms with E-state index in [0.29, 0.717) is 5.95 Å². The first-order valence-electron chi connectivity index (χ1n) is 5.39. The third-order valence-corrected chi connectivity index (χ3v) is 3.31. The molecule has 1 heterocycles. The second-order valence-electron chi connectivity index (χ2n) is 4.47. The van der Waals surface area contributed by atoms with Gasteiger partial charge in [0.1, 0.15) is 0 Å². The van der Waals surface area contributed by atoms with Gasteiger partial charge < -0.3 is 10.4 Å². The quantitative estimate of drug-likeness (QED) is 0.787. The molecule has 0 aliphatic heterocycles. The Morgan fingerprint density at radius 3 is 2.93 bits per heavy atom. The fourth-order valence-electron chi connectivity index (χ4n) is 2.20. The van der Waals surface area contributed by atoms with Crippen molar-refractivity contribution < 1.29 is 5.11 Å². The van der Waals surface area contributed by atoms with E-state index in [9.17, 15) is 5.11 Å². The standard InChI is InChI=1S/C11H17N3O/c1-11(8-15)5-2-4-9(11)14-10-12-6-3-7-13-10/h3,6-7,9,15H,2,4-5,8H2,1H3,(H,12,13,14)/t9-,11-/m1/s1. The lowest BCUT2D eigenvalue weighted by Crippen LogP contribution is -2.36. The highest BCUT2D eigenvalue weighted by Crippen LogP contribution is 2.38. The van der Waals surface area contributed by atoms with Gasteiger partial charge in [0, 0.05) is 23.9 Å². The Morgan fingerprint density at radius 2 is 2.27 bits per heavy atom. The van der Waals surface area contributed by atoms with Crippen LogP contribution in [0.2, 0.25) is 0 Å². The molecule has 4 nitrogen and oxygen atoms in total. The van der Waals surface area contributed by atoms with Crippen molar-refractivity contribution in [2.75, 3.05) is 11.9 Å². The van der Waals surface area contributed by atoms with Crippen molar-refractivity contribution in [2.45, 2.75) is 32.2 Å². The first-order valence-corrected chi connectivity index (χ1v) is 5.39. The maximum Gasteiger partial charge on any atom is 0.222 e. The monoisotopic (exact) mass is 207 g/mol. The minimum absolute atomic E-state index is 0.0286. The molecule has 0 aromatic carbocycles. The van der Waals surface area contributed by atoms with Crippen molar-refractivity contribution in [1.82, 2.24) is 9.97 Å². The van der Waals surface area contributed by atoms with Crippen LogP contribution in [0, 0.1) is 5.41 Å². The van der Waals surface area contributed by atoms with Crippen LogP contribution in [0.3, 0.4) is 0 Å². The Balaban J connectivity index is 2.06. The Bertz CT molecular complexity index is 317. The molecule has 0 bridgehead atoms. The number of aliphatic hydroxyl groups excluding tert-OH is 1. The summed E-state index contributed by atoms with van der Waals surface area (Å²) in [6.45, 7) is 2.33. The molecular formula is C11H17N3O. The molecule has 1 saturated carbocycles. The molecule has 0 saturated heterocycles. The molecule has 2 atom stereocenters.